The lowest BCUT2D eigenvalue weighted by molar-refractivity contribution is 0.0698. The number of urea groups is 1. The molecule has 0 spiro atoms. The van der Waals surface area contributed by atoms with E-state index in [-0.39, 0.29) is 23.5 Å². The Kier molecular flexibility index (Phi) is 5.31. The zero-order valence-corrected chi connectivity index (χ0v) is 12.9. The van der Waals surface area contributed by atoms with E-state index in [1.54, 1.807) is 13.0 Å². The molecule has 0 aliphatic rings. The molecule has 21 heavy (non-hydrogen) atoms. The third kappa shape index (κ3) is 5.42. The second kappa shape index (κ2) is 6.57. The average Bonchev–Trinajstić information content (AvgIpc) is 2.36. The number of carbonyl (C=O) groups excluding carboxylic acids is 1. The zero-order valence-electron chi connectivity index (χ0n) is 12.1. The molecule has 0 aliphatic carbocycles. The number of anilines is 1. The number of aromatic carboxylic acids is 1. The van der Waals surface area contributed by atoms with E-state index in [1.807, 2.05) is 0 Å². The fraction of sp³-hybridized carbons (Fsp3) is 0.385. The van der Waals surface area contributed by atoms with Crippen molar-refractivity contribution in [2.24, 2.45) is 0 Å². The number of aryl methyl sites for hydroxylation is 1. The molecule has 1 aromatic rings. The Morgan fingerprint density at radius 2 is 1.95 bits per heavy atom. The van der Waals surface area contributed by atoms with Gasteiger partial charge in [0.05, 0.1) is 17.0 Å². The lowest BCUT2D eigenvalue weighted by Crippen LogP contribution is -2.35. The molecule has 0 fully saturated rings. The molecule has 0 atom stereocenters. The lowest BCUT2D eigenvalue weighted by Gasteiger charge is -2.18. The molecule has 7 nitrogen and oxygen atoms in total. The van der Waals surface area contributed by atoms with Crippen LogP contribution in [0.3, 0.4) is 0 Å². The third-order valence-corrected chi connectivity index (χ3v) is 3.72. The van der Waals surface area contributed by atoms with Crippen LogP contribution >= 0.6 is 0 Å². The van der Waals surface area contributed by atoms with Crippen LogP contribution in [0.5, 0.6) is 0 Å². The van der Waals surface area contributed by atoms with Crippen LogP contribution in [0.1, 0.15) is 15.9 Å². The summed E-state index contributed by atoms with van der Waals surface area (Å²) in [5.41, 5.74) is 0.917. The molecule has 0 heterocycles. The van der Waals surface area contributed by atoms with Crippen LogP contribution in [0.15, 0.2) is 18.2 Å². The Hall–Kier alpha value is -2.09. The number of carbonyl (C=O) groups is 2. The maximum absolute atomic E-state index is 11.9. The standard InChI is InChI=1S/C13H18N2O5S/c1-9-4-5-11(10(8-9)12(16)17)14-13(18)15(2)6-7-21(3,19)20/h4-5,8H,6-7H2,1-3H3,(H,14,18)(H,16,17). The van der Waals surface area contributed by atoms with Crippen LogP contribution in [-0.2, 0) is 9.84 Å². The predicted octanol–water partition coefficient (Wildman–Crippen LogP) is 1.20. The second-order valence-corrected chi connectivity index (χ2v) is 7.10. The van der Waals surface area contributed by atoms with E-state index >= 15 is 0 Å². The van der Waals surface area contributed by atoms with Gasteiger partial charge in [0.25, 0.3) is 0 Å². The van der Waals surface area contributed by atoms with Gasteiger partial charge in [0.15, 0.2) is 0 Å². The fourth-order valence-electron chi connectivity index (χ4n) is 1.56. The number of carboxylic acid groups (broad SMARTS) is 1. The van der Waals surface area contributed by atoms with Crippen LogP contribution in [0.25, 0.3) is 0 Å². The summed E-state index contributed by atoms with van der Waals surface area (Å²) in [5.74, 6) is -1.30. The van der Waals surface area contributed by atoms with E-state index in [0.717, 1.165) is 11.8 Å². The van der Waals surface area contributed by atoms with Crippen LogP contribution in [-0.4, -0.2) is 56.0 Å². The van der Waals surface area contributed by atoms with Gasteiger partial charge in [-0.2, -0.15) is 0 Å². The number of hydrogen-bond acceptors (Lipinski definition) is 4. The van der Waals surface area contributed by atoms with Gasteiger partial charge >= 0.3 is 12.0 Å². The van der Waals surface area contributed by atoms with Crippen LogP contribution in [0.4, 0.5) is 10.5 Å². The van der Waals surface area contributed by atoms with E-state index in [9.17, 15) is 18.0 Å². The monoisotopic (exact) mass is 314 g/mol. The summed E-state index contributed by atoms with van der Waals surface area (Å²) in [6, 6.07) is 4.07. The third-order valence-electron chi connectivity index (χ3n) is 2.79. The van der Waals surface area contributed by atoms with Gasteiger partial charge in [-0.25, -0.2) is 18.0 Å². The molecule has 1 aromatic carbocycles. The van der Waals surface area contributed by atoms with Gasteiger partial charge in [0.1, 0.15) is 9.84 Å². The van der Waals surface area contributed by atoms with E-state index in [2.05, 4.69) is 5.32 Å². The molecular weight excluding hydrogens is 296 g/mol. The highest BCUT2D eigenvalue weighted by Crippen LogP contribution is 2.17. The number of benzene rings is 1. The van der Waals surface area contributed by atoms with Gasteiger partial charge in [-0.15, -0.1) is 0 Å². The van der Waals surface area contributed by atoms with Gasteiger partial charge in [-0.3, -0.25) is 0 Å². The van der Waals surface area contributed by atoms with E-state index in [1.165, 1.54) is 24.1 Å². The molecule has 0 unspecified atom stereocenters. The Bertz CT molecular complexity index is 655. The number of nitrogens with one attached hydrogen (secondary N) is 1. The van der Waals surface area contributed by atoms with E-state index in [4.69, 9.17) is 5.11 Å². The van der Waals surface area contributed by atoms with E-state index in [0.29, 0.717) is 0 Å². The number of amides is 2. The number of carboxylic acids is 1. The number of hydrogen-bond donors (Lipinski definition) is 2. The Labute approximate surface area is 123 Å². The fourth-order valence-corrected chi connectivity index (χ4v) is 2.16. The van der Waals surface area contributed by atoms with Gasteiger partial charge in [0.2, 0.25) is 0 Å². The Morgan fingerprint density at radius 3 is 2.48 bits per heavy atom. The summed E-state index contributed by atoms with van der Waals surface area (Å²) in [6.07, 6.45) is 1.08. The van der Waals surface area contributed by atoms with Crippen LogP contribution in [0.2, 0.25) is 0 Å². The van der Waals surface area contributed by atoms with Crippen molar-refractivity contribution < 1.29 is 23.1 Å². The van der Waals surface area contributed by atoms with Crippen molar-refractivity contribution in [1.82, 2.24) is 4.90 Å². The summed E-state index contributed by atoms with van der Waals surface area (Å²) in [7, 11) is -1.73. The topological polar surface area (TPSA) is 104 Å². The quantitative estimate of drug-likeness (QED) is 0.850. The van der Waals surface area contributed by atoms with Crippen LogP contribution in [0, 0.1) is 6.92 Å². The van der Waals surface area contributed by atoms with Crippen molar-refractivity contribution in [3.8, 4) is 0 Å². The summed E-state index contributed by atoms with van der Waals surface area (Å²) in [4.78, 5) is 24.2. The van der Waals surface area contributed by atoms with Gasteiger partial charge in [0, 0.05) is 19.8 Å². The average molecular weight is 314 g/mol. The molecule has 8 heteroatoms. The van der Waals surface area contributed by atoms with Crippen LogP contribution < -0.4 is 5.32 Å². The molecular formula is C13H18N2O5S. The minimum absolute atomic E-state index is 0.0140. The minimum Gasteiger partial charge on any atom is -0.478 e. The largest absolute Gasteiger partial charge is 0.478 e. The summed E-state index contributed by atoms with van der Waals surface area (Å²) in [5, 5.41) is 11.6. The molecule has 1 rings (SSSR count). The normalized spacial score (nSPS) is 11.0. The molecule has 0 saturated heterocycles. The molecule has 2 N–H and O–H groups in total. The predicted molar refractivity (Wildman–Crippen MR) is 79.5 cm³/mol. The smallest absolute Gasteiger partial charge is 0.337 e. The Morgan fingerprint density at radius 1 is 1.33 bits per heavy atom. The Balaban J connectivity index is 2.81. The molecule has 0 saturated carbocycles. The van der Waals surface area contributed by atoms with Crippen molar-refractivity contribution in [1.29, 1.82) is 0 Å². The maximum atomic E-state index is 11.9. The van der Waals surface area contributed by atoms with Crippen molar-refractivity contribution in [2.75, 3.05) is 30.9 Å². The first kappa shape index (κ1) is 17.0. The highest BCUT2D eigenvalue weighted by Gasteiger charge is 2.16. The molecule has 2 amide bonds. The molecule has 0 radical (unpaired) electrons. The minimum atomic E-state index is -3.17. The second-order valence-electron chi connectivity index (χ2n) is 4.84. The number of sulfone groups is 1. The van der Waals surface area contributed by atoms with Crippen molar-refractivity contribution in [3.05, 3.63) is 29.3 Å². The van der Waals surface area contributed by atoms with E-state index < -0.39 is 21.8 Å². The molecule has 0 aromatic heterocycles. The number of nitrogens with zero attached hydrogens (tertiary/aromatic N) is 1. The first-order chi connectivity index (χ1) is 9.60. The maximum Gasteiger partial charge on any atom is 0.337 e. The van der Waals surface area contributed by atoms with Gasteiger partial charge in [-0.05, 0) is 19.1 Å². The van der Waals surface area contributed by atoms with Gasteiger partial charge < -0.3 is 15.3 Å². The highest BCUT2D eigenvalue weighted by molar-refractivity contribution is 7.90. The lowest BCUT2D eigenvalue weighted by atomic mass is 10.1. The SMILES string of the molecule is Cc1ccc(NC(=O)N(C)CCS(C)(=O)=O)c(C(=O)O)c1. The first-order valence-electron chi connectivity index (χ1n) is 6.14. The van der Waals surface area contributed by atoms with Crippen molar-refractivity contribution >= 4 is 27.5 Å². The molecule has 0 bridgehead atoms. The summed E-state index contributed by atoms with van der Waals surface area (Å²) < 4.78 is 22.1. The van der Waals surface area contributed by atoms with Crippen molar-refractivity contribution in [2.45, 2.75) is 6.92 Å². The molecule has 116 valence electrons. The van der Waals surface area contributed by atoms with Crippen molar-refractivity contribution in [3.63, 3.8) is 0 Å². The van der Waals surface area contributed by atoms with Gasteiger partial charge in [-0.1, -0.05) is 11.6 Å². The number of rotatable bonds is 5. The zero-order chi connectivity index (χ0) is 16.2. The molecule has 0 aliphatic heterocycles. The highest BCUT2D eigenvalue weighted by atomic mass is 32.2. The summed E-state index contributed by atoms with van der Waals surface area (Å²) in [6.45, 7) is 1.77. The first-order valence-corrected chi connectivity index (χ1v) is 8.20. The summed E-state index contributed by atoms with van der Waals surface area (Å²) >= 11 is 0.